The van der Waals surface area contributed by atoms with Crippen molar-refractivity contribution in [1.29, 1.82) is 0 Å². The Hall–Kier alpha value is -1.61. The number of aromatic nitrogens is 2. The van der Waals surface area contributed by atoms with Gasteiger partial charge in [-0.15, -0.1) is 0 Å². The van der Waals surface area contributed by atoms with Crippen LogP contribution in [0.2, 0.25) is 0 Å². The molecule has 21 heavy (non-hydrogen) atoms. The van der Waals surface area contributed by atoms with E-state index in [1.807, 2.05) is 0 Å². The van der Waals surface area contributed by atoms with Gasteiger partial charge in [-0.1, -0.05) is 30.3 Å². The summed E-state index contributed by atoms with van der Waals surface area (Å²) in [5.74, 6) is 0. The number of benzene rings is 1. The maximum Gasteiger partial charge on any atom is 0.0641 e. The Balaban J connectivity index is 2.04. The zero-order valence-electron chi connectivity index (χ0n) is 13.9. The van der Waals surface area contributed by atoms with Crippen LogP contribution in [0.5, 0.6) is 0 Å². The van der Waals surface area contributed by atoms with Gasteiger partial charge in [-0.05, 0) is 46.6 Å². The van der Waals surface area contributed by atoms with Crippen molar-refractivity contribution in [2.45, 2.75) is 59.7 Å². The van der Waals surface area contributed by atoms with E-state index in [0.717, 1.165) is 25.2 Å². The van der Waals surface area contributed by atoms with Gasteiger partial charge in [0.05, 0.1) is 5.69 Å². The monoisotopic (exact) mass is 285 g/mol. The van der Waals surface area contributed by atoms with Crippen LogP contribution in [0, 0.1) is 13.8 Å². The van der Waals surface area contributed by atoms with Crippen molar-refractivity contribution in [3.05, 3.63) is 52.8 Å². The third-order valence-electron chi connectivity index (χ3n) is 3.78. The Bertz CT molecular complexity index is 577. The van der Waals surface area contributed by atoms with Crippen molar-refractivity contribution in [2.75, 3.05) is 0 Å². The predicted octanol–water partition coefficient (Wildman–Crippen LogP) is 3.63. The van der Waals surface area contributed by atoms with E-state index in [1.54, 1.807) is 0 Å². The molecular formula is C18H27N3. The van der Waals surface area contributed by atoms with E-state index in [0.29, 0.717) is 0 Å². The van der Waals surface area contributed by atoms with Crippen molar-refractivity contribution in [3.8, 4) is 0 Å². The molecule has 0 saturated carbocycles. The van der Waals surface area contributed by atoms with Crippen LogP contribution in [-0.2, 0) is 19.5 Å². The van der Waals surface area contributed by atoms with Crippen LogP contribution in [0.25, 0.3) is 0 Å². The molecular weight excluding hydrogens is 258 g/mol. The highest BCUT2D eigenvalue weighted by atomic mass is 15.3. The quantitative estimate of drug-likeness (QED) is 0.909. The number of aryl methyl sites for hydroxylation is 3. The highest BCUT2D eigenvalue weighted by Crippen LogP contribution is 2.15. The third-order valence-corrected chi connectivity index (χ3v) is 3.78. The maximum atomic E-state index is 4.70. The average Bonchev–Trinajstić information content (AvgIpc) is 2.69. The van der Waals surface area contributed by atoms with Gasteiger partial charge >= 0.3 is 0 Å². The van der Waals surface area contributed by atoms with Gasteiger partial charge in [-0.2, -0.15) is 5.10 Å². The highest BCUT2D eigenvalue weighted by Gasteiger charge is 2.14. The molecule has 1 heterocycles. The van der Waals surface area contributed by atoms with E-state index in [-0.39, 0.29) is 5.54 Å². The number of hydrogen-bond donors (Lipinski definition) is 1. The van der Waals surface area contributed by atoms with Crippen molar-refractivity contribution in [1.82, 2.24) is 15.1 Å². The van der Waals surface area contributed by atoms with E-state index < -0.39 is 0 Å². The summed E-state index contributed by atoms with van der Waals surface area (Å²) in [6.45, 7) is 12.7. The summed E-state index contributed by atoms with van der Waals surface area (Å²) >= 11 is 0. The van der Waals surface area contributed by atoms with E-state index in [1.165, 1.54) is 16.8 Å². The average molecular weight is 285 g/mol. The van der Waals surface area contributed by atoms with Gasteiger partial charge in [0.2, 0.25) is 0 Å². The summed E-state index contributed by atoms with van der Waals surface area (Å²) < 4.78 is 2.14. The van der Waals surface area contributed by atoms with E-state index in [4.69, 9.17) is 5.10 Å². The van der Waals surface area contributed by atoms with Crippen LogP contribution in [-0.4, -0.2) is 15.3 Å². The summed E-state index contributed by atoms with van der Waals surface area (Å²) in [7, 11) is 0. The molecule has 2 rings (SSSR count). The smallest absolute Gasteiger partial charge is 0.0641 e. The lowest BCUT2D eigenvalue weighted by molar-refractivity contribution is 0.423. The molecule has 0 spiro atoms. The molecule has 3 heteroatoms. The molecule has 0 aliphatic carbocycles. The van der Waals surface area contributed by atoms with Gasteiger partial charge in [0, 0.05) is 29.9 Å². The molecule has 2 aromatic rings. The van der Waals surface area contributed by atoms with Gasteiger partial charge in [0.1, 0.15) is 0 Å². The first-order valence-electron chi connectivity index (χ1n) is 7.68. The van der Waals surface area contributed by atoms with Gasteiger partial charge < -0.3 is 5.32 Å². The first kappa shape index (κ1) is 15.8. The lowest BCUT2D eigenvalue weighted by Gasteiger charge is -2.20. The van der Waals surface area contributed by atoms with Crippen molar-refractivity contribution < 1.29 is 0 Å². The normalized spacial score (nSPS) is 11.9. The predicted molar refractivity (Wildman–Crippen MR) is 88.4 cm³/mol. The van der Waals surface area contributed by atoms with Gasteiger partial charge in [0.15, 0.2) is 0 Å². The molecule has 0 saturated heterocycles. The molecule has 1 N–H and O–H groups in total. The minimum atomic E-state index is 0.130. The molecule has 0 amide bonds. The molecule has 0 radical (unpaired) electrons. The summed E-state index contributed by atoms with van der Waals surface area (Å²) in [5.41, 5.74) is 5.24. The zero-order chi connectivity index (χ0) is 15.5. The van der Waals surface area contributed by atoms with Gasteiger partial charge in [-0.25, -0.2) is 0 Å². The minimum absolute atomic E-state index is 0.130. The summed E-state index contributed by atoms with van der Waals surface area (Å²) in [6, 6.07) is 10.6. The van der Waals surface area contributed by atoms with Crippen molar-refractivity contribution in [2.24, 2.45) is 0 Å². The lowest BCUT2D eigenvalue weighted by atomic mass is 10.1. The second-order valence-corrected chi connectivity index (χ2v) is 6.71. The first-order valence-corrected chi connectivity index (χ1v) is 7.68. The second-order valence-electron chi connectivity index (χ2n) is 6.71. The molecule has 1 aromatic carbocycles. The summed E-state index contributed by atoms with van der Waals surface area (Å²) in [4.78, 5) is 0. The van der Waals surface area contributed by atoms with Crippen LogP contribution in [0.3, 0.4) is 0 Å². The molecule has 0 fully saturated rings. The van der Waals surface area contributed by atoms with Gasteiger partial charge in [0.25, 0.3) is 0 Å². The zero-order valence-corrected chi connectivity index (χ0v) is 13.9. The largest absolute Gasteiger partial charge is 0.308 e. The van der Waals surface area contributed by atoms with Crippen LogP contribution < -0.4 is 5.32 Å². The fraction of sp³-hybridized carbons (Fsp3) is 0.500. The Kier molecular flexibility index (Phi) is 4.84. The molecule has 0 bridgehead atoms. The summed E-state index contributed by atoms with van der Waals surface area (Å²) in [5, 5.41) is 8.26. The Labute approximate surface area is 128 Å². The van der Waals surface area contributed by atoms with E-state index in [9.17, 15) is 0 Å². The molecule has 0 atom stereocenters. The van der Waals surface area contributed by atoms with E-state index >= 15 is 0 Å². The lowest BCUT2D eigenvalue weighted by Crippen LogP contribution is -2.35. The van der Waals surface area contributed by atoms with Crippen molar-refractivity contribution in [3.63, 3.8) is 0 Å². The number of nitrogens with one attached hydrogen (secondary N) is 1. The van der Waals surface area contributed by atoms with Crippen LogP contribution in [0.4, 0.5) is 0 Å². The molecule has 114 valence electrons. The standard InChI is InChI=1S/C18H27N3/c1-14-17(13-19-18(3,4)5)15(2)21(20-14)12-11-16-9-7-6-8-10-16/h6-10,19H,11-13H2,1-5H3. The van der Waals surface area contributed by atoms with Crippen LogP contribution >= 0.6 is 0 Å². The third kappa shape index (κ3) is 4.43. The van der Waals surface area contributed by atoms with Crippen LogP contribution in [0.1, 0.15) is 43.3 Å². The van der Waals surface area contributed by atoms with E-state index in [2.05, 4.69) is 74.9 Å². The molecule has 1 aromatic heterocycles. The SMILES string of the molecule is Cc1nn(CCc2ccccc2)c(C)c1CNC(C)(C)C. The number of rotatable bonds is 5. The minimum Gasteiger partial charge on any atom is -0.308 e. The second kappa shape index (κ2) is 6.44. The number of nitrogens with zero attached hydrogens (tertiary/aromatic N) is 2. The molecule has 0 aliphatic heterocycles. The fourth-order valence-electron chi connectivity index (χ4n) is 2.44. The summed E-state index contributed by atoms with van der Waals surface area (Å²) in [6.07, 6.45) is 1.02. The molecule has 0 unspecified atom stereocenters. The molecule has 3 nitrogen and oxygen atoms in total. The molecule has 0 aliphatic rings. The Morgan fingerprint density at radius 3 is 2.38 bits per heavy atom. The maximum absolute atomic E-state index is 4.70. The fourth-order valence-corrected chi connectivity index (χ4v) is 2.44. The van der Waals surface area contributed by atoms with Crippen LogP contribution in [0.15, 0.2) is 30.3 Å². The topological polar surface area (TPSA) is 29.9 Å². The number of hydrogen-bond acceptors (Lipinski definition) is 2. The Morgan fingerprint density at radius 1 is 1.10 bits per heavy atom. The van der Waals surface area contributed by atoms with Crippen molar-refractivity contribution >= 4 is 0 Å². The highest BCUT2D eigenvalue weighted by molar-refractivity contribution is 5.25. The Morgan fingerprint density at radius 2 is 1.76 bits per heavy atom. The first-order chi connectivity index (χ1) is 9.87. The van der Waals surface area contributed by atoms with Gasteiger partial charge in [-0.3, -0.25) is 4.68 Å².